The average molecular weight is 613 g/mol. The van der Waals surface area contributed by atoms with Crippen LogP contribution in [0, 0.1) is 0 Å². The molecule has 0 bridgehead atoms. The normalized spacial score (nSPS) is 17.6. The van der Waals surface area contributed by atoms with Crippen LogP contribution in [-0.4, -0.2) is 49.2 Å². The first-order valence-electron chi connectivity index (χ1n) is 12.1. The molecular weight excluding hydrogens is 592 g/mol. The molecule has 14 heteroatoms. The Hall–Kier alpha value is -3.35. The Labute approximate surface area is 237 Å². The van der Waals surface area contributed by atoms with Gasteiger partial charge < -0.3 is 10.2 Å². The van der Waals surface area contributed by atoms with E-state index >= 15 is 0 Å². The molecule has 1 saturated heterocycles. The fourth-order valence-electron chi connectivity index (χ4n) is 4.86. The van der Waals surface area contributed by atoms with Crippen LogP contribution in [0.25, 0.3) is 0 Å². The second kappa shape index (κ2) is 10.6. The third kappa shape index (κ3) is 5.35. The van der Waals surface area contributed by atoms with Crippen molar-refractivity contribution in [3.05, 3.63) is 81.6 Å². The van der Waals surface area contributed by atoms with Crippen molar-refractivity contribution in [3.63, 3.8) is 0 Å². The molecule has 210 valence electrons. The van der Waals surface area contributed by atoms with Crippen LogP contribution < -0.4 is 9.62 Å². The molecule has 8 nitrogen and oxygen atoms in total. The Bertz CT molecular complexity index is 1600. The number of rotatable bonds is 5. The molecule has 3 heterocycles. The van der Waals surface area contributed by atoms with Gasteiger partial charge in [0.05, 0.1) is 61.9 Å². The Morgan fingerprint density at radius 1 is 1.07 bits per heavy atom. The van der Waals surface area contributed by atoms with Gasteiger partial charge in [-0.2, -0.15) is 13.2 Å². The van der Waals surface area contributed by atoms with Crippen LogP contribution >= 0.6 is 23.2 Å². The third-order valence-corrected chi connectivity index (χ3v) is 9.18. The number of carbonyl (C=O) groups excluding carboxylic acids is 2. The van der Waals surface area contributed by atoms with Crippen LogP contribution in [0.3, 0.4) is 0 Å². The number of anilines is 2. The number of halogens is 5. The number of aromatic nitrogens is 1. The topological polar surface area (TPSA) is 99.7 Å². The highest BCUT2D eigenvalue weighted by Gasteiger charge is 2.40. The van der Waals surface area contributed by atoms with Gasteiger partial charge in [-0.15, -0.1) is 0 Å². The number of carbonyl (C=O) groups is 2. The van der Waals surface area contributed by atoms with Crippen molar-refractivity contribution >= 4 is 56.4 Å². The Balaban J connectivity index is 1.56. The lowest BCUT2D eigenvalue weighted by Crippen LogP contribution is -2.51. The molecule has 0 radical (unpaired) electrons. The van der Waals surface area contributed by atoms with E-state index in [0.717, 1.165) is 22.5 Å². The van der Waals surface area contributed by atoms with Crippen LogP contribution in [0.15, 0.2) is 59.6 Å². The van der Waals surface area contributed by atoms with Gasteiger partial charge >= 0.3 is 6.18 Å². The second-order valence-electron chi connectivity index (χ2n) is 9.35. The summed E-state index contributed by atoms with van der Waals surface area (Å²) in [7, 11) is -4.55. The van der Waals surface area contributed by atoms with Gasteiger partial charge in [0.1, 0.15) is 0 Å². The second-order valence-corrected chi connectivity index (χ2v) is 12.0. The number of fused-ring (bicyclic) bond motifs is 1. The highest BCUT2D eigenvalue weighted by Crippen LogP contribution is 2.37. The number of sulfonamides is 1. The molecule has 1 fully saturated rings. The molecule has 0 unspecified atom stereocenters. The molecule has 2 aliphatic heterocycles. The zero-order chi connectivity index (χ0) is 28.8. The molecule has 3 aromatic rings. The Morgan fingerprint density at radius 2 is 1.77 bits per heavy atom. The van der Waals surface area contributed by atoms with Crippen molar-refractivity contribution in [2.45, 2.75) is 36.4 Å². The summed E-state index contributed by atoms with van der Waals surface area (Å²) in [5.41, 5.74) is -0.624. The fourth-order valence-corrected chi connectivity index (χ4v) is 7.00. The van der Waals surface area contributed by atoms with Gasteiger partial charge in [-0.3, -0.25) is 18.9 Å². The zero-order valence-electron chi connectivity index (χ0n) is 20.6. The van der Waals surface area contributed by atoms with Crippen LogP contribution in [0.4, 0.5) is 24.5 Å². The quantitative estimate of drug-likeness (QED) is 0.416. The van der Waals surface area contributed by atoms with Gasteiger partial charge in [-0.05, 0) is 42.8 Å². The van der Waals surface area contributed by atoms with Crippen molar-refractivity contribution in [1.82, 2.24) is 9.88 Å². The molecule has 40 heavy (non-hydrogen) atoms. The van der Waals surface area contributed by atoms with Gasteiger partial charge in [0.15, 0.2) is 0 Å². The maximum Gasteiger partial charge on any atom is 0.416 e. The number of hydrogen-bond donors (Lipinski definition) is 1. The van der Waals surface area contributed by atoms with E-state index in [1.807, 2.05) is 0 Å². The van der Waals surface area contributed by atoms with Gasteiger partial charge in [0.25, 0.3) is 15.9 Å². The predicted octanol–water partition coefficient (Wildman–Crippen LogP) is 5.40. The maximum atomic E-state index is 13.8. The molecule has 0 spiro atoms. The van der Waals surface area contributed by atoms with Crippen LogP contribution in [0.2, 0.25) is 10.0 Å². The van der Waals surface area contributed by atoms with Crippen molar-refractivity contribution < 1.29 is 31.2 Å². The smallest absolute Gasteiger partial charge is 0.337 e. The van der Waals surface area contributed by atoms with E-state index in [2.05, 4.69) is 10.3 Å². The number of pyridine rings is 1. The maximum absolute atomic E-state index is 13.8. The summed E-state index contributed by atoms with van der Waals surface area (Å²) in [5.74, 6) is -0.800. The standard InChI is InChI=1S/C26H21Cl2F3N4O4S/c27-19-6-2-7-20(28)24(19)25(37)33-16-11-22-21(32-13-16)12-17(34-9-3-8-23(34)36)14-35(22)40(38,39)18-5-1-4-15(10-18)26(29,30)31/h1-2,4-7,10-11,13,17H,3,8-9,12,14H2,(H,33,37)/t17-/m0/s1. The number of nitrogens with zero attached hydrogens (tertiary/aromatic N) is 3. The van der Waals surface area contributed by atoms with Crippen molar-refractivity contribution in [3.8, 4) is 0 Å². The first kappa shape index (κ1) is 28.2. The molecule has 1 aromatic heterocycles. The SMILES string of the molecule is O=C(Nc1cnc2c(c1)N(S(=O)(=O)c1cccc(C(F)(F)F)c1)C[C@@H](N1CCCC1=O)C2)c1c(Cl)cccc1Cl. The summed E-state index contributed by atoms with van der Waals surface area (Å²) in [5, 5.41) is 2.80. The molecule has 2 amide bonds. The van der Waals surface area contributed by atoms with Gasteiger partial charge in [-0.1, -0.05) is 35.3 Å². The first-order valence-corrected chi connectivity index (χ1v) is 14.3. The molecule has 0 aliphatic carbocycles. The summed E-state index contributed by atoms with van der Waals surface area (Å²) in [6.45, 7) is 0.232. The number of benzene rings is 2. The van der Waals surface area contributed by atoms with Crippen molar-refractivity contribution in [2.75, 3.05) is 22.7 Å². The number of hydrogen-bond acceptors (Lipinski definition) is 5. The fraction of sp³-hybridized carbons (Fsp3) is 0.269. The number of alkyl halides is 3. The molecule has 1 N–H and O–H groups in total. The summed E-state index contributed by atoms with van der Waals surface area (Å²) in [4.78, 5) is 30.8. The van der Waals surface area contributed by atoms with E-state index in [0.29, 0.717) is 31.1 Å². The molecule has 5 rings (SSSR count). The summed E-state index contributed by atoms with van der Waals surface area (Å²) in [6, 6.07) is 8.78. The highest BCUT2D eigenvalue weighted by molar-refractivity contribution is 7.92. The third-order valence-electron chi connectivity index (χ3n) is 6.77. The number of nitrogens with one attached hydrogen (secondary N) is 1. The van der Waals surface area contributed by atoms with Gasteiger partial charge in [0.2, 0.25) is 5.91 Å². The zero-order valence-corrected chi connectivity index (χ0v) is 22.9. The number of amides is 2. The summed E-state index contributed by atoms with van der Waals surface area (Å²) < 4.78 is 68.8. The molecule has 2 aliphatic rings. The van der Waals surface area contributed by atoms with E-state index in [1.54, 1.807) is 11.0 Å². The molecule has 0 saturated carbocycles. The first-order chi connectivity index (χ1) is 18.9. The van der Waals surface area contributed by atoms with Crippen LogP contribution in [0.5, 0.6) is 0 Å². The minimum absolute atomic E-state index is 0.00427. The minimum Gasteiger partial charge on any atom is -0.337 e. The predicted molar refractivity (Wildman–Crippen MR) is 143 cm³/mol. The lowest BCUT2D eigenvalue weighted by atomic mass is 10.0. The lowest BCUT2D eigenvalue weighted by Gasteiger charge is -2.38. The van der Waals surface area contributed by atoms with Crippen molar-refractivity contribution in [2.24, 2.45) is 0 Å². The largest absolute Gasteiger partial charge is 0.416 e. The average Bonchev–Trinajstić information content (AvgIpc) is 3.33. The highest BCUT2D eigenvalue weighted by atomic mass is 35.5. The number of likely N-dealkylation sites (tertiary alicyclic amines) is 1. The van der Waals surface area contributed by atoms with Crippen molar-refractivity contribution in [1.29, 1.82) is 0 Å². The van der Waals surface area contributed by atoms with E-state index in [9.17, 15) is 31.2 Å². The van der Waals surface area contributed by atoms with Crippen LogP contribution in [-0.2, 0) is 27.4 Å². The van der Waals surface area contributed by atoms with Gasteiger partial charge in [0, 0.05) is 19.4 Å². The van der Waals surface area contributed by atoms with Gasteiger partial charge in [-0.25, -0.2) is 8.42 Å². The Kier molecular flexibility index (Phi) is 7.45. The molecular formula is C26H21Cl2F3N4O4S. The van der Waals surface area contributed by atoms with E-state index in [1.165, 1.54) is 24.4 Å². The minimum atomic E-state index is -4.76. The monoisotopic (exact) mass is 612 g/mol. The van der Waals surface area contributed by atoms with Crippen LogP contribution in [0.1, 0.15) is 34.5 Å². The molecule has 2 aromatic carbocycles. The summed E-state index contributed by atoms with van der Waals surface area (Å²) >= 11 is 12.3. The Morgan fingerprint density at radius 3 is 2.42 bits per heavy atom. The van der Waals surface area contributed by atoms with E-state index in [4.69, 9.17) is 23.2 Å². The summed E-state index contributed by atoms with van der Waals surface area (Å²) in [6.07, 6.45) is -2.27. The molecule has 1 atom stereocenters. The van der Waals surface area contributed by atoms with E-state index < -0.39 is 38.6 Å². The lowest BCUT2D eigenvalue weighted by molar-refractivity contribution is -0.137. The van der Waals surface area contributed by atoms with E-state index in [-0.39, 0.29) is 45.9 Å².